The smallest absolute Gasteiger partial charge is 0.263 e. The summed E-state index contributed by atoms with van der Waals surface area (Å²) in [5.74, 6) is -0.0107. The standard InChI is InChI=1S/C23H25N3O5S/c1-4-31-19-12-10-18(11-13-19)26(32(3,29)30)16(2)23(28)25-24-15-21-20-8-6-5-7-17(20)9-14-22(21)27/h5-16,27H,4H2,1-3H3,(H,25,28)/b24-15-/t16-/m1/s1. The second-order valence-electron chi connectivity index (χ2n) is 7.12. The molecule has 9 heteroatoms. The zero-order valence-electron chi connectivity index (χ0n) is 18.0. The lowest BCUT2D eigenvalue weighted by Crippen LogP contribution is -2.46. The lowest BCUT2D eigenvalue weighted by Gasteiger charge is -2.27. The van der Waals surface area contributed by atoms with E-state index in [-0.39, 0.29) is 5.75 Å². The first-order valence-corrected chi connectivity index (χ1v) is 11.8. The Morgan fingerprint density at radius 2 is 1.84 bits per heavy atom. The van der Waals surface area contributed by atoms with Crippen LogP contribution in [0.2, 0.25) is 0 Å². The zero-order valence-corrected chi connectivity index (χ0v) is 18.8. The van der Waals surface area contributed by atoms with E-state index >= 15 is 0 Å². The van der Waals surface area contributed by atoms with Crippen LogP contribution in [0.25, 0.3) is 10.8 Å². The average molecular weight is 456 g/mol. The van der Waals surface area contributed by atoms with Gasteiger partial charge in [0.1, 0.15) is 17.5 Å². The molecule has 0 saturated heterocycles. The van der Waals surface area contributed by atoms with E-state index in [2.05, 4.69) is 10.5 Å². The molecule has 0 fully saturated rings. The molecule has 0 saturated carbocycles. The van der Waals surface area contributed by atoms with Crippen LogP contribution in [0.1, 0.15) is 19.4 Å². The Morgan fingerprint density at radius 3 is 2.50 bits per heavy atom. The number of phenols is 1. The predicted molar refractivity (Wildman–Crippen MR) is 126 cm³/mol. The second kappa shape index (κ2) is 9.69. The van der Waals surface area contributed by atoms with Crippen LogP contribution in [-0.2, 0) is 14.8 Å². The van der Waals surface area contributed by atoms with Crippen LogP contribution in [0.5, 0.6) is 11.5 Å². The number of aromatic hydroxyl groups is 1. The number of nitrogens with one attached hydrogen (secondary N) is 1. The molecule has 0 bridgehead atoms. The lowest BCUT2D eigenvalue weighted by molar-refractivity contribution is -0.121. The number of rotatable bonds is 8. The summed E-state index contributed by atoms with van der Waals surface area (Å²) in [7, 11) is -3.76. The molecule has 0 aromatic heterocycles. The van der Waals surface area contributed by atoms with Gasteiger partial charge in [-0.3, -0.25) is 9.10 Å². The van der Waals surface area contributed by atoms with Gasteiger partial charge in [0.15, 0.2) is 0 Å². The first kappa shape index (κ1) is 23.1. The Kier molecular flexibility index (Phi) is 6.99. The third kappa shape index (κ3) is 5.17. The van der Waals surface area contributed by atoms with Crippen LogP contribution >= 0.6 is 0 Å². The number of anilines is 1. The molecule has 0 unspecified atom stereocenters. The van der Waals surface area contributed by atoms with Crippen LogP contribution in [-0.4, -0.2) is 44.6 Å². The Hall–Kier alpha value is -3.59. The molecule has 0 aliphatic rings. The fourth-order valence-electron chi connectivity index (χ4n) is 3.34. The highest BCUT2D eigenvalue weighted by Crippen LogP contribution is 2.26. The number of benzene rings is 3. The fourth-order valence-corrected chi connectivity index (χ4v) is 4.51. The summed E-state index contributed by atoms with van der Waals surface area (Å²) in [6.45, 7) is 3.80. The van der Waals surface area contributed by atoms with Gasteiger partial charge < -0.3 is 9.84 Å². The maximum Gasteiger partial charge on any atom is 0.263 e. The molecule has 1 atom stereocenters. The normalized spacial score (nSPS) is 12.6. The van der Waals surface area contributed by atoms with Gasteiger partial charge in [0.2, 0.25) is 10.0 Å². The van der Waals surface area contributed by atoms with Gasteiger partial charge in [-0.05, 0) is 55.0 Å². The first-order valence-electron chi connectivity index (χ1n) is 9.98. The van der Waals surface area contributed by atoms with Crippen molar-refractivity contribution in [3.8, 4) is 11.5 Å². The number of hydrazone groups is 1. The topological polar surface area (TPSA) is 108 Å². The van der Waals surface area contributed by atoms with Crippen molar-refractivity contribution in [2.24, 2.45) is 5.10 Å². The Labute approximate surface area is 187 Å². The summed E-state index contributed by atoms with van der Waals surface area (Å²) in [5.41, 5.74) is 3.14. The maximum absolute atomic E-state index is 12.7. The van der Waals surface area contributed by atoms with Gasteiger partial charge in [-0.1, -0.05) is 30.3 Å². The Balaban J connectivity index is 1.81. The number of hydrogen-bond donors (Lipinski definition) is 2. The number of fused-ring (bicyclic) bond motifs is 1. The molecule has 0 aliphatic heterocycles. The number of phenolic OH excluding ortho intramolecular Hbond substituents is 1. The molecule has 3 rings (SSSR count). The number of carbonyl (C=O) groups excluding carboxylic acids is 1. The minimum absolute atomic E-state index is 0.0156. The minimum Gasteiger partial charge on any atom is -0.507 e. The van der Waals surface area contributed by atoms with Crippen molar-refractivity contribution >= 4 is 38.6 Å². The average Bonchev–Trinajstić information content (AvgIpc) is 2.75. The number of hydrogen-bond acceptors (Lipinski definition) is 6. The van der Waals surface area contributed by atoms with Crippen molar-refractivity contribution in [2.45, 2.75) is 19.9 Å². The van der Waals surface area contributed by atoms with Gasteiger partial charge in [-0.25, -0.2) is 13.8 Å². The summed E-state index contributed by atoms with van der Waals surface area (Å²) >= 11 is 0. The van der Waals surface area contributed by atoms with Crippen molar-refractivity contribution in [1.82, 2.24) is 5.43 Å². The minimum atomic E-state index is -3.76. The molecule has 32 heavy (non-hydrogen) atoms. The molecule has 3 aromatic rings. The molecule has 1 amide bonds. The van der Waals surface area contributed by atoms with E-state index in [0.717, 1.165) is 21.3 Å². The Morgan fingerprint density at radius 1 is 1.16 bits per heavy atom. The van der Waals surface area contributed by atoms with Gasteiger partial charge in [0.25, 0.3) is 5.91 Å². The van der Waals surface area contributed by atoms with Crippen molar-refractivity contribution in [3.63, 3.8) is 0 Å². The molecule has 8 nitrogen and oxygen atoms in total. The molecule has 0 spiro atoms. The number of carbonyl (C=O) groups is 1. The van der Waals surface area contributed by atoms with Gasteiger partial charge in [-0.15, -0.1) is 0 Å². The number of amides is 1. The third-order valence-corrected chi connectivity index (χ3v) is 6.05. The summed E-state index contributed by atoms with van der Waals surface area (Å²) in [4.78, 5) is 12.7. The van der Waals surface area contributed by atoms with Crippen molar-refractivity contribution in [2.75, 3.05) is 17.2 Å². The van der Waals surface area contributed by atoms with E-state index in [9.17, 15) is 18.3 Å². The highest BCUT2D eigenvalue weighted by molar-refractivity contribution is 7.92. The Bertz CT molecular complexity index is 1240. The first-order chi connectivity index (χ1) is 15.2. The summed E-state index contributed by atoms with van der Waals surface area (Å²) in [5, 5.41) is 15.8. The van der Waals surface area contributed by atoms with Gasteiger partial charge >= 0.3 is 0 Å². The second-order valence-corrected chi connectivity index (χ2v) is 8.97. The van der Waals surface area contributed by atoms with Crippen LogP contribution < -0.4 is 14.5 Å². The predicted octanol–water partition coefficient (Wildman–Crippen LogP) is 3.25. The summed E-state index contributed by atoms with van der Waals surface area (Å²) in [6.07, 6.45) is 2.37. The SMILES string of the molecule is CCOc1ccc(N([C@H](C)C(=O)N/N=C\c2c(O)ccc3ccccc23)S(C)(=O)=O)cc1. The zero-order chi connectivity index (χ0) is 23.3. The van der Waals surface area contributed by atoms with E-state index < -0.39 is 22.0 Å². The van der Waals surface area contributed by atoms with Gasteiger partial charge in [-0.2, -0.15) is 5.10 Å². The molecule has 0 aliphatic carbocycles. The molecule has 0 radical (unpaired) electrons. The number of nitrogens with zero attached hydrogens (tertiary/aromatic N) is 2. The van der Waals surface area contributed by atoms with Gasteiger partial charge in [0.05, 0.1) is 24.8 Å². The largest absolute Gasteiger partial charge is 0.507 e. The number of ether oxygens (including phenoxy) is 1. The highest BCUT2D eigenvalue weighted by Gasteiger charge is 2.29. The summed E-state index contributed by atoms with van der Waals surface area (Å²) < 4.78 is 31.2. The molecule has 0 heterocycles. The monoisotopic (exact) mass is 455 g/mol. The van der Waals surface area contributed by atoms with E-state index in [1.807, 2.05) is 31.2 Å². The molecular weight excluding hydrogens is 430 g/mol. The van der Waals surface area contributed by atoms with Crippen molar-refractivity contribution < 1.29 is 23.1 Å². The maximum atomic E-state index is 12.7. The van der Waals surface area contributed by atoms with E-state index in [4.69, 9.17) is 4.74 Å². The molecule has 3 aromatic carbocycles. The summed E-state index contributed by atoms with van der Waals surface area (Å²) in [6, 6.07) is 16.1. The fraction of sp³-hybridized carbons (Fsp3) is 0.217. The highest BCUT2D eigenvalue weighted by atomic mass is 32.2. The molecule has 2 N–H and O–H groups in total. The van der Waals surface area contributed by atoms with E-state index in [1.54, 1.807) is 36.4 Å². The van der Waals surface area contributed by atoms with E-state index in [1.165, 1.54) is 13.1 Å². The van der Waals surface area contributed by atoms with Crippen molar-refractivity contribution in [3.05, 3.63) is 66.2 Å². The number of sulfonamides is 1. The quantitative estimate of drug-likeness (QED) is 0.400. The van der Waals surface area contributed by atoms with Crippen LogP contribution in [0, 0.1) is 0 Å². The molecular formula is C23H25N3O5S. The van der Waals surface area contributed by atoms with Gasteiger partial charge in [0, 0.05) is 5.56 Å². The van der Waals surface area contributed by atoms with Crippen molar-refractivity contribution in [1.29, 1.82) is 0 Å². The van der Waals surface area contributed by atoms with E-state index in [0.29, 0.717) is 23.6 Å². The third-order valence-electron chi connectivity index (χ3n) is 4.81. The van der Waals surface area contributed by atoms with Crippen LogP contribution in [0.15, 0.2) is 65.8 Å². The lowest BCUT2D eigenvalue weighted by atomic mass is 10.0. The van der Waals surface area contributed by atoms with Crippen LogP contribution in [0.4, 0.5) is 5.69 Å². The van der Waals surface area contributed by atoms with Crippen LogP contribution in [0.3, 0.4) is 0 Å². The molecule has 168 valence electrons.